The quantitative estimate of drug-likeness (QED) is 0.0353. The van der Waals surface area contributed by atoms with E-state index in [2.05, 4.69) is 20.1 Å². The number of para-hydroxylation sites is 2. The van der Waals surface area contributed by atoms with E-state index in [4.69, 9.17) is 70.1 Å². The molecule has 2 aromatic heterocycles. The smallest absolute Gasteiger partial charge is 0.330 e. The lowest BCUT2D eigenvalue weighted by Crippen LogP contribution is -2.52. The molecular weight excluding hydrogens is 1110 g/mol. The third kappa shape index (κ3) is 16.4. The van der Waals surface area contributed by atoms with Crippen LogP contribution in [0.5, 0.6) is 11.5 Å². The van der Waals surface area contributed by atoms with E-state index in [0.717, 1.165) is 27.5 Å². The van der Waals surface area contributed by atoms with Gasteiger partial charge in [-0.2, -0.15) is 0 Å². The fraction of sp³-hybridized carbons (Fsp3) is 0.500. The molecule has 4 aromatic rings. The summed E-state index contributed by atoms with van der Waals surface area (Å²) in [6.45, 7) is 4.68. The number of aliphatic hydroxyl groups is 2. The highest BCUT2D eigenvalue weighted by atomic mass is 32.5. The number of H-pyrrole nitrogens is 2. The number of hydrogen-bond acceptors (Lipinski definition) is 22. The number of nitrogens with zero attached hydrogens (tertiary/aromatic N) is 2. The number of carbonyl (C=O) groups is 4. The Kier molecular flexibility index (Phi) is 22.2. The van der Waals surface area contributed by atoms with E-state index in [-0.39, 0.29) is 25.6 Å². The molecular formula is C48H64N6O20P2S2. The van der Waals surface area contributed by atoms with Gasteiger partial charge in [0.15, 0.2) is 24.2 Å². The highest BCUT2D eigenvalue weighted by Gasteiger charge is 2.60. The third-order valence-corrected chi connectivity index (χ3v) is 16.5. The molecule has 78 heavy (non-hydrogen) atoms. The second-order valence-corrected chi connectivity index (χ2v) is 24.4. The molecule has 2 fully saturated rings. The minimum absolute atomic E-state index is 0.0166. The highest BCUT2D eigenvalue weighted by Crippen LogP contribution is 2.50. The molecule has 0 aliphatic carbocycles. The Labute approximate surface area is 457 Å². The molecule has 4 heterocycles. The Morgan fingerprint density at radius 3 is 1.60 bits per heavy atom. The van der Waals surface area contributed by atoms with Gasteiger partial charge in [-0.1, -0.05) is 50.2 Å². The number of esters is 4. The lowest BCUT2D eigenvalue weighted by atomic mass is 9.95. The van der Waals surface area contributed by atoms with Gasteiger partial charge in [0.05, 0.1) is 26.4 Å². The van der Waals surface area contributed by atoms with Crippen molar-refractivity contribution in [1.82, 2.24) is 29.3 Å². The van der Waals surface area contributed by atoms with Crippen molar-refractivity contribution in [1.29, 1.82) is 0 Å². The van der Waals surface area contributed by atoms with Gasteiger partial charge in [-0.25, -0.2) is 19.8 Å². The Morgan fingerprint density at radius 2 is 1.15 bits per heavy atom. The number of aliphatic hydroxyl groups excluding tert-OH is 1. The number of aromatic nitrogens is 4. The summed E-state index contributed by atoms with van der Waals surface area (Å²) in [4.78, 5) is 102. The van der Waals surface area contributed by atoms with Crippen LogP contribution in [0.4, 0.5) is 0 Å². The van der Waals surface area contributed by atoms with Gasteiger partial charge in [0, 0.05) is 37.4 Å². The monoisotopic (exact) mass is 1170 g/mol. The zero-order valence-corrected chi connectivity index (χ0v) is 47.4. The number of ether oxygens (including phenoxy) is 6. The molecule has 12 atom stereocenters. The second kappa shape index (κ2) is 27.4. The normalized spacial score (nSPS) is 25.0. The fourth-order valence-corrected chi connectivity index (χ4v) is 12.5. The molecule has 2 aliphatic rings. The fourth-order valence-electron chi connectivity index (χ4n) is 7.65. The summed E-state index contributed by atoms with van der Waals surface area (Å²) in [7, 11) is 1.23. The highest BCUT2D eigenvalue weighted by molar-refractivity contribution is 8.09. The number of aromatic amines is 2. The summed E-state index contributed by atoms with van der Waals surface area (Å²) >= 11 is 11.4. The standard InChI is InChI=1S/C28H38N3O11PS.C20H26N3O9PS/c1-7-22(33)40-24-20(39-26(28(24,6)41-23(34)8-2)31-15-14-21(32)29-27(31)36)16-37-43(44,42-19-12-10-9-11-13-19)30-18(5)25(35)38-17(3)4;1-12(17(26)29-3)22-33(34,32-13-7-5-4-6-8-13)30-11-14-16(25)20(2,28)18(31-14)23-10-9-15(24)21-19(23)27/h9-15,17-18,20,24,26H,7-8,16H2,1-6H3,(H,30,44)(H,29,32,36);4-10,12,14,16,18,25,28H,11H2,1-3H3,(H,22,34)(H,21,24,27)/t18-,20+,24+,26+,28+,43?;12-,14+,16+,18+,20+,33?/m00/s1. The number of carbonyl (C=O) groups excluding carboxylic acids is 4. The van der Waals surface area contributed by atoms with E-state index < -0.39 is 126 Å². The minimum Gasteiger partial charge on any atom is -0.468 e. The number of rotatable bonds is 23. The van der Waals surface area contributed by atoms with Crippen LogP contribution in [0.15, 0.2) is 104 Å². The summed E-state index contributed by atoms with van der Waals surface area (Å²) in [6.07, 6.45) is -5.85. The molecule has 0 bridgehead atoms. The molecule has 0 amide bonds. The Bertz CT molecular complexity index is 3050. The van der Waals surface area contributed by atoms with Gasteiger partial charge in [-0.05, 0) is 89.4 Å². The molecule has 2 aromatic carbocycles. The first-order valence-corrected chi connectivity index (χ1v) is 29.5. The summed E-state index contributed by atoms with van der Waals surface area (Å²) in [5, 5.41) is 27.3. The van der Waals surface area contributed by atoms with Gasteiger partial charge in [0.2, 0.25) is 0 Å². The second-order valence-electron chi connectivity index (χ2n) is 18.1. The van der Waals surface area contributed by atoms with Crippen LogP contribution in [-0.4, -0.2) is 127 Å². The van der Waals surface area contributed by atoms with Gasteiger partial charge in [-0.15, -0.1) is 0 Å². The zero-order valence-electron chi connectivity index (χ0n) is 44.0. The van der Waals surface area contributed by atoms with Crippen LogP contribution in [0.3, 0.4) is 0 Å². The molecule has 0 radical (unpaired) electrons. The first-order valence-electron chi connectivity index (χ1n) is 24.3. The van der Waals surface area contributed by atoms with E-state index in [9.17, 15) is 48.6 Å². The van der Waals surface area contributed by atoms with Crippen LogP contribution in [0.1, 0.15) is 80.7 Å². The number of methoxy groups -OCH3 is 1. The molecule has 2 saturated heterocycles. The molecule has 30 heteroatoms. The molecule has 2 aliphatic heterocycles. The maximum atomic E-state index is 12.8. The molecule has 428 valence electrons. The van der Waals surface area contributed by atoms with Crippen molar-refractivity contribution in [2.24, 2.45) is 0 Å². The van der Waals surface area contributed by atoms with E-state index in [0.29, 0.717) is 11.5 Å². The maximum absolute atomic E-state index is 12.8. The van der Waals surface area contributed by atoms with Gasteiger partial charge in [-0.3, -0.25) is 47.9 Å². The van der Waals surface area contributed by atoms with Gasteiger partial charge < -0.3 is 56.7 Å². The van der Waals surface area contributed by atoms with E-state index in [1.165, 1.54) is 34.1 Å². The molecule has 0 spiro atoms. The number of hydrogen-bond donors (Lipinski definition) is 6. The summed E-state index contributed by atoms with van der Waals surface area (Å²) in [5.41, 5.74) is -6.61. The van der Waals surface area contributed by atoms with Crippen LogP contribution >= 0.6 is 13.3 Å². The first-order chi connectivity index (χ1) is 36.7. The van der Waals surface area contributed by atoms with Crippen LogP contribution < -0.4 is 41.7 Å². The van der Waals surface area contributed by atoms with Gasteiger partial charge in [0.1, 0.15) is 47.5 Å². The van der Waals surface area contributed by atoms with E-state index >= 15 is 0 Å². The molecule has 0 saturated carbocycles. The topological polar surface area (TPSA) is 335 Å². The van der Waals surface area contributed by atoms with Crippen molar-refractivity contribution in [2.75, 3.05) is 20.3 Å². The summed E-state index contributed by atoms with van der Waals surface area (Å²) < 4.78 is 59.3. The molecule has 6 N–H and O–H groups in total. The largest absolute Gasteiger partial charge is 0.468 e. The maximum Gasteiger partial charge on any atom is 0.330 e. The van der Waals surface area contributed by atoms with Crippen LogP contribution in [0.25, 0.3) is 0 Å². The summed E-state index contributed by atoms with van der Waals surface area (Å²) in [5.74, 6) is -1.74. The van der Waals surface area contributed by atoms with Crippen molar-refractivity contribution in [3.05, 3.63) is 127 Å². The van der Waals surface area contributed by atoms with Crippen LogP contribution in [0.2, 0.25) is 0 Å². The summed E-state index contributed by atoms with van der Waals surface area (Å²) in [6, 6.07) is 17.5. The van der Waals surface area contributed by atoms with Crippen molar-refractivity contribution in [3.8, 4) is 11.5 Å². The minimum atomic E-state index is -3.56. The van der Waals surface area contributed by atoms with Crippen molar-refractivity contribution in [2.45, 2.75) is 134 Å². The molecule has 26 nitrogen and oxygen atoms in total. The number of nitrogens with one attached hydrogen (secondary N) is 4. The first kappa shape index (κ1) is 63.1. The van der Waals surface area contributed by atoms with Crippen LogP contribution in [0, 0.1) is 0 Å². The van der Waals surface area contributed by atoms with Crippen molar-refractivity contribution in [3.63, 3.8) is 0 Å². The van der Waals surface area contributed by atoms with E-state index in [1.54, 1.807) is 95.3 Å². The van der Waals surface area contributed by atoms with Crippen molar-refractivity contribution < 1.29 is 75.9 Å². The van der Waals surface area contributed by atoms with Crippen molar-refractivity contribution >= 4 is 60.8 Å². The molecule has 2 unspecified atom stereocenters. The Hall–Kier alpha value is -5.74. The number of benzene rings is 2. The Morgan fingerprint density at radius 1 is 0.705 bits per heavy atom. The third-order valence-electron chi connectivity index (χ3n) is 11.5. The van der Waals surface area contributed by atoms with Gasteiger partial charge in [0.25, 0.3) is 11.1 Å². The molecule has 6 rings (SSSR count). The lowest BCUT2D eigenvalue weighted by Gasteiger charge is -2.34. The lowest BCUT2D eigenvalue weighted by molar-refractivity contribution is -0.187. The average Bonchev–Trinajstić information content (AvgIpc) is 3.79. The predicted octanol–water partition coefficient (Wildman–Crippen LogP) is 2.73. The van der Waals surface area contributed by atoms with Crippen LogP contribution in [-0.2, 0) is 80.3 Å². The van der Waals surface area contributed by atoms with E-state index in [1.807, 2.05) is 0 Å². The average molecular weight is 1170 g/mol. The zero-order chi connectivity index (χ0) is 57.8. The van der Waals surface area contributed by atoms with Gasteiger partial charge >= 0.3 is 48.5 Å². The predicted molar refractivity (Wildman–Crippen MR) is 285 cm³/mol. The SMILES string of the molecule is CCC(=O)O[C@@H]1[C@@H](COP(=S)(N[C@@H](C)C(=O)OC(C)C)Oc2ccccc2)O[C@@H](n2ccc(=O)[nH]c2=O)[C@]1(C)OC(=O)CC.COC(=O)[C@H](C)NP(=S)(OC[C@H]1O[C@@H](n2ccc(=O)[nH]c2=O)[C@](C)(O)[C@@H]1O)Oc1ccccc1. The Balaban J connectivity index is 0.000000297.